The van der Waals surface area contributed by atoms with Crippen LogP contribution in [0.1, 0.15) is 36.8 Å². The molecule has 8 heteroatoms. The lowest BCUT2D eigenvalue weighted by Gasteiger charge is -2.01. The predicted octanol–water partition coefficient (Wildman–Crippen LogP) is 4.37. The van der Waals surface area contributed by atoms with Crippen molar-refractivity contribution >= 4 is 56.1 Å². The van der Waals surface area contributed by atoms with E-state index in [4.69, 9.17) is 0 Å². The zero-order valence-electron chi connectivity index (χ0n) is 15.1. The molecule has 0 unspecified atom stereocenters. The van der Waals surface area contributed by atoms with Gasteiger partial charge in [-0.3, -0.25) is 9.59 Å². The number of halogens is 2. The van der Waals surface area contributed by atoms with Crippen LogP contribution in [0.4, 0.5) is 0 Å². The van der Waals surface area contributed by atoms with Crippen LogP contribution in [0, 0.1) is 0 Å². The molecule has 0 bridgehead atoms. The Labute approximate surface area is 180 Å². The second-order valence-electron chi connectivity index (χ2n) is 5.90. The van der Waals surface area contributed by atoms with E-state index in [1.807, 2.05) is 48.5 Å². The second kappa shape index (κ2) is 12.2. The Morgan fingerprint density at radius 3 is 1.61 bits per heavy atom. The normalized spacial score (nSPS) is 11.1. The largest absolute Gasteiger partial charge is 0.273 e. The van der Waals surface area contributed by atoms with Crippen molar-refractivity contribution in [3.05, 3.63) is 68.6 Å². The maximum Gasteiger partial charge on any atom is 0.240 e. The van der Waals surface area contributed by atoms with Crippen LogP contribution < -0.4 is 10.9 Å². The van der Waals surface area contributed by atoms with Crippen molar-refractivity contribution in [1.29, 1.82) is 0 Å². The number of carbonyl (C=O) groups is 2. The molecule has 146 valence electrons. The van der Waals surface area contributed by atoms with Crippen LogP contribution in [0.25, 0.3) is 0 Å². The van der Waals surface area contributed by atoms with Gasteiger partial charge in [0.25, 0.3) is 0 Å². The van der Waals surface area contributed by atoms with Crippen molar-refractivity contribution in [2.75, 3.05) is 0 Å². The topological polar surface area (TPSA) is 82.9 Å². The predicted molar refractivity (Wildman–Crippen MR) is 118 cm³/mol. The molecular weight excluding hydrogens is 488 g/mol. The van der Waals surface area contributed by atoms with Gasteiger partial charge in [-0.05, 0) is 48.2 Å². The van der Waals surface area contributed by atoms with Crippen molar-refractivity contribution in [2.45, 2.75) is 25.7 Å². The molecule has 2 rings (SSSR count). The lowest BCUT2D eigenvalue weighted by Crippen LogP contribution is -2.19. The minimum Gasteiger partial charge on any atom is -0.273 e. The Kier molecular flexibility index (Phi) is 9.57. The fourth-order valence-electron chi connectivity index (χ4n) is 2.21. The van der Waals surface area contributed by atoms with Gasteiger partial charge in [-0.2, -0.15) is 10.2 Å². The van der Waals surface area contributed by atoms with E-state index in [9.17, 15) is 9.59 Å². The summed E-state index contributed by atoms with van der Waals surface area (Å²) < 4.78 is 1.89. The van der Waals surface area contributed by atoms with E-state index in [2.05, 4.69) is 52.9 Å². The first-order chi connectivity index (χ1) is 13.5. The number of hydrogen-bond donors (Lipinski definition) is 2. The maximum atomic E-state index is 11.7. The molecule has 2 aromatic carbocycles. The monoisotopic (exact) mass is 506 g/mol. The lowest BCUT2D eigenvalue weighted by molar-refractivity contribution is -0.123. The number of carbonyl (C=O) groups excluding carboxylic acids is 2. The summed E-state index contributed by atoms with van der Waals surface area (Å²) in [5.41, 5.74) is 6.73. The van der Waals surface area contributed by atoms with Crippen LogP contribution in [0.5, 0.6) is 0 Å². The molecule has 2 amide bonds. The molecule has 0 aliphatic carbocycles. The smallest absolute Gasteiger partial charge is 0.240 e. The van der Waals surface area contributed by atoms with Crippen LogP contribution in [0.15, 0.2) is 67.7 Å². The average molecular weight is 508 g/mol. The van der Waals surface area contributed by atoms with Gasteiger partial charge in [-0.25, -0.2) is 10.9 Å². The third-order valence-electron chi connectivity index (χ3n) is 3.56. The number of hydrazone groups is 2. The van der Waals surface area contributed by atoms with Crippen LogP contribution in [-0.4, -0.2) is 24.2 Å². The zero-order valence-corrected chi connectivity index (χ0v) is 18.2. The number of nitrogens with zero attached hydrogens (tertiary/aromatic N) is 2. The zero-order chi connectivity index (χ0) is 20.2. The van der Waals surface area contributed by atoms with Crippen molar-refractivity contribution in [1.82, 2.24) is 10.9 Å². The van der Waals surface area contributed by atoms with E-state index >= 15 is 0 Å². The molecule has 2 aromatic rings. The van der Waals surface area contributed by atoms with Crippen molar-refractivity contribution in [2.24, 2.45) is 10.2 Å². The van der Waals surface area contributed by atoms with Gasteiger partial charge in [0.05, 0.1) is 12.4 Å². The average Bonchev–Trinajstić information content (AvgIpc) is 2.65. The standard InChI is InChI=1S/C20H20Br2N4O2/c21-17-7-3-5-15(11-17)13-23-25-19(27)9-1-2-10-20(28)26-24-14-16-6-4-8-18(22)12-16/h3-8,11-14H,1-2,9-10H2,(H,25,27)(H,26,28). The molecule has 6 nitrogen and oxygen atoms in total. The van der Waals surface area contributed by atoms with Crippen LogP contribution in [0.3, 0.4) is 0 Å². The Morgan fingerprint density at radius 1 is 0.786 bits per heavy atom. The van der Waals surface area contributed by atoms with Crippen LogP contribution >= 0.6 is 31.9 Å². The first-order valence-electron chi connectivity index (χ1n) is 8.68. The fraction of sp³-hybridized carbons (Fsp3) is 0.200. The van der Waals surface area contributed by atoms with Gasteiger partial charge in [0, 0.05) is 21.8 Å². The molecule has 0 saturated carbocycles. The highest BCUT2D eigenvalue weighted by Gasteiger charge is 2.03. The third-order valence-corrected chi connectivity index (χ3v) is 4.55. The molecule has 0 aliphatic heterocycles. The number of rotatable bonds is 9. The maximum absolute atomic E-state index is 11.7. The van der Waals surface area contributed by atoms with Gasteiger partial charge < -0.3 is 0 Å². The molecule has 0 spiro atoms. The quantitative estimate of drug-likeness (QED) is 0.300. The Bertz CT molecular complexity index is 797. The summed E-state index contributed by atoms with van der Waals surface area (Å²) in [6, 6.07) is 15.2. The highest BCUT2D eigenvalue weighted by atomic mass is 79.9. The summed E-state index contributed by atoms with van der Waals surface area (Å²) in [6.45, 7) is 0. The Hall–Kier alpha value is -2.32. The molecule has 0 fully saturated rings. The highest BCUT2D eigenvalue weighted by Crippen LogP contribution is 2.10. The van der Waals surface area contributed by atoms with Gasteiger partial charge >= 0.3 is 0 Å². The summed E-state index contributed by atoms with van der Waals surface area (Å²) in [5, 5.41) is 7.85. The molecule has 28 heavy (non-hydrogen) atoms. The summed E-state index contributed by atoms with van der Waals surface area (Å²) in [5.74, 6) is -0.362. The van der Waals surface area contributed by atoms with E-state index in [1.165, 1.54) is 0 Å². The van der Waals surface area contributed by atoms with Crippen molar-refractivity contribution in [3.8, 4) is 0 Å². The highest BCUT2D eigenvalue weighted by molar-refractivity contribution is 9.10. The van der Waals surface area contributed by atoms with Crippen LogP contribution in [-0.2, 0) is 9.59 Å². The number of unbranched alkanes of at least 4 members (excludes halogenated alkanes) is 1. The molecule has 0 aromatic heterocycles. The summed E-state index contributed by atoms with van der Waals surface area (Å²) in [4.78, 5) is 23.5. The molecule has 0 saturated heterocycles. The minimum absolute atomic E-state index is 0.181. The van der Waals surface area contributed by atoms with Gasteiger partial charge in [-0.15, -0.1) is 0 Å². The molecule has 0 aliphatic rings. The van der Waals surface area contributed by atoms with Crippen molar-refractivity contribution in [3.63, 3.8) is 0 Å². The summed E-state index contributed by atoms with van der Waals surface area (Å²) >= 11 is 6.75. The third kappa shape index (κ3) is 9.05. The number of hydrogen-bond acceptors (Lipinski definition) is 4. The molecular formula is C20H20Br2N4O2. The van der Waals surface area contributed by atoms with Gasteiger partial charge in [0.15, 0.2) is 0 Å². The molecule has 0 atom stereocenters. The lowest BCUT2D eigenvalue weighted by atomic mass is 10.2. The number of benzene rings is 2. The van der Waals surface area contributed by atoms with E-state index in [-0.39, 0.29) is 11.8 Å². The van der Waals surface area contributed by atoms with Crippen LogP contribution in [0.2, 0.25) is 0 Å². The molecule has 0 heterocycles. The minimum atomic E-state index is -0.181. The SMILES string of the molecule is O=C(CCCCC(=O)NN=Cc1cccc(Br)c1)NN=Cc1cccc(Br)c1. The number of amides is 2. The first kappa shape index (κ1) is 22.0. The summed E-state index contributed by atoms with van der Waals surface area (Å²) in [6.07, 6.45) is 4.98. The summed E-state index contributed by atoms with van der Waals surface area (Å²) in [7, 11) is 0. The second-order valence-corrected chi connectivity index (χ2v) is 7.73. The number of nitrogens with one attached hydrogen (secondary N) is 2. The van der Waals surface area contributed by atoms with E-state index in [1.54, 1.807) is 12.4 Å². The van der Waals surface area contributed by atoms with Gasteiger partial charge in [0.1, 0.15) is 0 Å². The molecule has 0 radical (unpaired) electrons. The Balaban J connectivity index is 1.58. The first-order valence-corrected chi connectivity index (χ1v) is 10.3. The molecule has 2 N–H and O–H groups in total. The van der Waals surface area contributed by atoms with Crippen molar-refractivity contribution < 1.29 is 9.59 Å². The Morgan fingerprint density at radius 2 is 1.21 bits per heavy atom. The van der Waals surface area contributed by atoms with Gasteiger partial charge in [-0.1, -0.05) is 56.1 Å². The fourth-order valence-corrected chi connectivity index (χ4v) is 3.05. The van der Waals surface area contributed by atoms with E-state index in [0.29, 0.717) is 25.7 Å². The van der Waals surface area contributed by atoms with E-state index < -0.39 is 0 Å². The van der Waals surface area contributed by atoms with E-state index in [0.717, 1.165) is 20.1 Å². The van der Waals surface area contributed by atoms with Gasteiger partial charge in [0.2, 0.25) is 11.8 Å².